The fourth-order valence-corrected chi connectivity index (χ4v) is 4.07. The molecule has 0 bridgehead atoms. The number of nitrogens with one attached hydrogen (secondary N) is 2. The molecular formula is C24H28N2O4. The Kier molecular flexibility index (Phi) is 6.23. The van der Waals surface area contributed by atoms with Crippen molar-refractivity contribution in [3.63, 3.8) is 0 Å². The molecule has 1 aliphatic rings. The summed E-state index contributed by atoms with van der Waals surface area (Å²) in [6, 6.07) is 14.2. The van der Waals surface area contributed by atoms with E-state index in [0.717, 1.165) is 34.9 Å². The number of para-hydroxylation sites is 1. The number of carbonyl (C=O) groups excluding carboxylic acids is 1. The Morgan fingerprint density at radius 2 is 2.13 bits per heavy atom. The third-order valence-corrected chi connectivity index (χ3v) is 5.59. The maximum Gasteiger partial charge on any atom is 0.249 e. The fourth-order valence-electron chi connectivity index (χ4n) is 4.07. The molecule has 6 nitrogen and oxygen atoms in total. The van der Waals surface area contributed by atoms with Crippen LogP contribution in [0.15, 0.2) is 48.7 Å². The lowest BCUT2D eigenvalue weighted by Crippen LogP contribution is -2.36. The fraction of sp³-hybridized carbons (Fsp3) is 0.375. The molecule has 2 heterocycles. The van der Waals surface area contributed by atoms with Crippen LogP contribution in [0.25, 0.3) is 10.9 Å². The van der Waals surface area contributed by atoms with Gasteiger partial charge in [0.1, 0.15) is 6.10 Å². The van der Waals surface area contributed by atoms with Crippen molar-refractivity contribution >= 4 is 16.8 Å². The third kappa shape index (κ3) is 4.14. The minimum Gasteiger partial charge on any atom is -0.493 e. The molecule has 0 aliphatic carbocycles. The number of hydrogen-bond donors (Lipinski definition) is 2. The highest BCUT2D eigenvalue weighted by atomic mass is 16.5. The molecule has 1 aromatic heterocycles. The van der Waals surface area contributed by atoms with Gasteiger partial charge in [0, 0.05) is 36.2 Å². The number of hydrogen-bond acceptors (Lipinski definition) is 4. The van der Waals surface area contributed by atoms with Crippen LogP contribution >= 0.6 is 0 Å². The number of amides is 1. The van der Waals surface area contributed by atoms with Crippen LogP contribution in [0, 0.1) is 0 Å². The predicted octanol–water partition coefficient (Wildman–Crippen LogP) is 4.00. The van der Waals surface area contributed by atoms with E-state index in [1.54, 1.807) is 7.11 Å². The largest absolute Gasteiger partial charge is 0.493 e. The van der Waals surface area contributed by atoms with Crippen molar-refractivity contribution < 1.29 is 19.0 Å². The Bertz CT molecular complexity index is 1010. The summed E-state index contributed by atoms with van der Waals surface area (Å²) < 4.78 is 16.8. The van der Waals surface area contributed by atoms with Crippen LogP contribution in [0.1, 0.15) is 36.8 Å². The molecule has 2 N–H and O–H groups in total. The Hall–Kier alpha value is -2.99. The summed E-state index contributed by atoms with van der Waals surface area (Å²) in [5.74, 6) is 1.31. The van der Waals surface area contributed by atoms with Gasteiger partial charge >= 0.3 is 0 Å². The normalized spacial score (nSPS) is 17.1. The number of rotatable bonds is 8. The van der Waals surface area contributed by atoms with Crippen LogP contribution in [0.3, 0.4) is 0 Å². The second-order valence-corrected chi connectivity index (χ2v) is 7.43. The number of aromatic nitrogens is 1. The van der Waals surface area contributed by atoms with Gasteiger partial charge in [0.25, 0.3) is 0 Å². The van der Waals surface area contributed by atoms with Gasteiger partial charge in [-0.15, -0.1) is 0 Å². The number of carbonyl (C=O) groups is 1. The van der Waals surface area contributed by atoms with E-state index in [0.29, 0.717) is 31.3 Å². The van der Waals surface area contributed by atoms with Gasteiger partial charge < -0.3 is 24.5 Å². The van der Waals surface area contributed by atoms with Crippen molar-refractivity contribution in [3.05, 3.63) is 59.8 Å². The molecule has 1 aliphatic heterocycles. The Balaban J connectivity index is 1.67. The van der Waals surface area contributed by atoms with Gasteiger partial charge in [-0.05, 0) is 49.1 Å². The molecule has 0 spiro atoms. The lowest BCUT2D eigenvalue weighted by molar-refractivity contribution is -0.130. The first kappa shape index (κ1) is 20.3. The van der Waals surface area contributed by atoms with Gasteiger partial charge in [0.05, 0.1) is 13.7 Å². The highest BCUT2D eigenvalue weighted by Crippen LogP contribution is 2.36. The Morgan fingerprint density at radius 1 is 1.27 bits per heavy atom. The van der Waals surface area contributed by atoms with E-state index in [2.05, 4.69) is 22.4 Å². The van der Waals surface area contributed by atoms with E-state index in [1.807, 2.05) is 43.5 Å². The number of ether oxygens (including phenoxy) is 3. The van der Waals surface area contributed by atoms with Gasteiger partial charge in [-0.25, -0.2) is 0 Å². The zero-order valence-electron chi connectivity index (χ0n) is 17.4. The molecular weight excluding hydrogens is 380 g/mol. The summed E-state index contributed by atoms with van der Waals surface area (Å²) >= 11 is 0. The summed E-state index contributed by atoms with van der Waals surface area (Å²) in [4.78, 5) is 15.9. The predicted molar refractivity (Wildman–Crippen MR) is 116 cm³/mol. The van der Waals surface area contributed by atoms with Crippen molar-refractivity contribution in [1.82, 2.24) is 10.3 Å². The van der Waals surface area contributed by atoms with Gasteiger partial charge in [-0.3, -0.25) is 4.79 Å². The van der Waals surface area contributed by atoms with Crippen molar-refractivity contribution in [2.24, 2.45) is 0 Å². The van der Waals surface area contributed by atoms with Gasteiger partial charge in [-0.2, -0.15) is 0 Å². The zero-order chi connectivity index (χ0) is 20.9. The second-order valence-electron chi connectivity index (χ2n) is 7.43. The van der Waals surface area contributed by atoms with Gasteiger partial charge in [-0.1, -0.05) is 24.3 Å². The Morgan fingerprint density at radius 3 is 2.90 bits per heavy atom. The van der Waals surface area contributed by atoms with Crippen LogP contribution in [-0.2, 0) is 9.53 Å². The van der Waals surface area contributed by atoms with E-state index >= 15 is 0 Å². The molecule has 6 heteroatoms. The van der Waals surface area contributed by atoms with E-state index in [4.69, 9.17) is 14.2 Å². The zero-order valence-corrected chi connectivity index (χ0v) is 17.4. The van der Waals surface area contributed by atoms with Crippen LogP contribution < -0.4 is 14.8 Å². The molecule has 158 valence electrons. The van der Waals surface area contributed by atoms with E-state index in [9.17, 15) is 4.79 Å². The summed E-state index contributed by atoms with van der Waals surface area (Å²) in [6.45, 7) is 3.64. The van der Waals surface area contributed by atoms with Crippen molar-refractivity contribution in [2.45, 2.75) is 31.8 Å². The summed E-state index contributed by atoms with van der Waals surface area (Å²) in [5.41, 5.74) is 3.25. The first-order valence-corrected chi connectivity index (χ1v) is 10.5. The van der Waals surface area contributed by atoms with E-state index < -0.39 is 0 Å². The van der Waals surface area contributed by atoms with Crippen LogP contribution in [0.4, 0.5) is 0 Å². The van der Waals surface area contributed by atoms with Crippen molar-refractivity contribution in [1.29, 1.82) is 0 Å². The van der Waals surface area contributed by atoms with Crippen LogP contribution in [0.2, 0.25) is 0 Å². The number of H-pyrrole nitrogens is 1. The maximum absolute atomic E-state index is 12.6. The minimum absolute atomic E-state index is 0.0453. The van der Waals surface area contributed by atoms with E-state index in [1.165, 1.54) is 0 Å². The van der Waals surface area contributed by atoms with Gasteiger partial charge in [0.15, 0.2) is 11.5 Å². The highest BCUT2D eigenvalue weighted by Gasteiger charge is 2.26. The standard InChI is InChI=1S/C24H28N2O4/c1-3-29-21-11-10-16(13-23(21)28-2)18(14-26-24(27)22-9-6-12-30-22)19-15-25-20-8-5-4-7-17(19)20/h4-5,7-8,10-11,13,15,18,22,25H,3,6,9,12,14H2,1-2H3,(H,26,27)/t18-,22+/m0/s1. The van der Waals surface area contributed by atoms with Crippen molar-refractivity contribution in [2.75, 3.05) is 26.9 Å². The lowest BCUT2D eigenvalue weighted by Gasteiger charge is -2.21. The van der Waals surface area contributed by atoms with E-state index in [-0.39, 0.29) is 17.9 Å². The minimum atomic E-state index is -0.344. The molecule has 30 heavy (non-hydrogen) atoms. The van der Waals surface area contributed by atoms with Crippen molar-refractivity contribution in [3.8, 4) is 11.5 Å². The van der Waals surface area contributed by atoms with Gasteiger partial charge in [0.2, 0.25) is 5.91 Å². The first-order chi connectivity index (χ1) is 14.7. The SMILES string of the molecule is CCOc1ccc([C@H](CNC(=O)[C@H]2CCCO2)c2c[nH]c3ccccc23)cc1OC. The van der Waals surface area contributed by atoms with Crippen LogP contribution in [0.5, 0.6) is 11.5 Å². The number of fused-ring (bicyclic) bond motifs is 1. The average molecular weight is 408 g/mol. The first-order valence-electron chi connectivity index (χ1n) is 10.5. The summed E-state index contributed by atoms with van der Waals surface area (Å²) in [7, 11) is 1.64. The Labute approximate surface area is 176 Å². The molecule has 0 saturated carbocycles. The highest BCUT2D eigenvalue weighted by molar-refractivity contribution is 5.85. The molecule has 1 saturated heterocycles. The quantitative estimate of drug-likeness (QED) is 0.591. The molecule has 2 atom stereocenters. The molecule has 1 fully saturated rings. The smallest absolute Gasteiger partial charge is 0.249 e. The monoisotopic (exact) mass is 408 g/mol. The lowest BCUT2D eigenvalue weighted by atomic mass is 9.90. The summed E-state index contributed by atoms with van der Waals surface area (Å²) in [5, 5.41) is 4.24. The molecule has 2 aromatic carbocycles. The number of benzene rings is 2. The average Bonchev–Trinajstić information content (AvgIpc) is 3.45. The van der Waals surface area contributed by atoms with Crippen LogP contribution in [-0.4, -0.2) is 43.9 Å². The molecule has 1 amide bonds. The topological polar surface area (TPSA) is 72.6 Å². The number of methoxy groups -OCH3 is 1. The molecule has 0 radical (unpaired) electrons. The molecule has 3 aromatic rings. The summed E-state index contributed by atoms with van der Waals surface area (Å²) in [6.07, 6.45) is 3.39. The molecule has 0 unspecified atom stereocenters. The third-order valence-electron chi connectivity index (χ3n) is 5.59. The second kappa shape index (κ2) is 9.22. The molecule has 4 rings (SSSR count). The maximum atomic E-state index is 12.6. The number of aromatic amines is 1.